The SMILES string of the molecule is CCCC(C)NC(=O)CCC(C)NCCOONC(OCC)(OCC)OCC. The second-order valence-corrected chi connectivity index (χ2v) is 6.51. The molecule has 9 nitrogen and oxygen atoms in total. The molecule has 0 rings (SSSR count). The van der Waals surface area contributed by atoms with Gasteiger partial charge in [-0.05, 0) is 47.5 Å². The van der Waals surface area contributed by atoms with E-state index in [-0.39, 0.29) is 18.0 Å². The fourth-order valence-corrected chi connectivity index (χ4v) is 2.55. The minimum Gasteiger partial charge on any atom is -0.354 e. The van der Waals surface area contributed by atoms with Gasteiger partial charge in [-0.1, -0.05) is 18.8 Å². The molecule has 0 aliphatic rings. The van der Waals surface area contributed by atoms with Crippen LogP contribution < -0.4 is 16.1 Å². The zero-order valence-electron chi connectivity index (χ0n) is 18.5. The Morgan fingerprint density at radius 2 is 1.54 bits per heavy atom. The van der Waals surface area contributed by atoms with E-state index in [0.29, 0.717) is 39.4 Å². The largest absolute Gasteiger partial charge is 0.376 e. The van der Waals surface area contributed by atoms with Crippen LogP contribution >= 0.6 is 0 Å². The van der Waals surface area contributed by atoms with E-state index in [1.165, 1.54) is 0 Å². The molecule has 0 saturated heterocycles. The molecular formula is C19H41N3O6. The molecule has 0 saturated carbocycles. The highest BCUT2D eigenvalue weighted by Gasteiger charge is 2.34. The topological polar surface area (TPSA) is 99.3 Å². The second kappa shape index (κ2) is 17.1. The molecule has 0 aliphatic heterocycles. The van der Waals surface area contributed by atoms with Crippen LogP contribution in [0.4, 0.5) is 0 Å². The van der Waals surface area contributed by atoms with E-state index in [1.807, 2.05) is 34.6 Å². The van der Waals surface area contributed by atoms with Crippen LogP contribution in [0.25, 0.3) is 0 Å². The predicted octanol–water partition coefficient (Wildman–Crippen LogP) is 2.22. The first kappa shape index (κ1) is 27.2. The normalized spacial score (nSPS) is 14.1. The van der Waals surface area contributed by atoms with Crippen molar-refractivity contribution >= 4 is 5.91 Å². The van der Waals surface area contributed by atoms with Crippen molar-refractivity contribution < 1.29 is 28.9 Å². The zero-order chi connectivity index (χ0) is 21.3. The smallest absolute Gasteiger partial charge is 0.354 e. The summed E-state index contributed by atoms with van der Waals surface area (Å²) in [7, 11) is 0. The van der Waals surface area contributed by atoms with Crippen LogP contribution in [-0.2, 0) is 28.9 Å². The summed E-state index contributed by atoms with van der Waals surface area (Å²) in [6.45, 7) is 13.7. The Bertz CT molecular complexity index is 370. The second-order valence-electron chi connectivity index (χ2n) is 6.51. The van der Waals surface area contributed by atoms with E-state index in [2.05, 4.69) is 23.0 Å². The van der Waals surface area contributed by atoms with Crippen molar-refractivity contribution in [3.63, 3.8) is 0 Å². The van der Waals surface area contributed by atoms with E-state index >= 15 is 0 Å². The number of hydrogen-bond donors (Lipinski definition) is 3. The van der Waals surface area contributed by atoms with Crippen LogP contribution in [-0.4, -0.2) is 57.1 Å². The summed E-state index contributed by atoms with van der Waals surface area (Å²) in [4.78, 5) is 21.9. The lowest BCUT2D eigenvalue weighted by molar-refractivity contribution is -0.481. The van der Waals surface area contributed by atoms with Gasteiger partial charge in [0.2, 0.25) is 5.91 Å². The average molecular weight is 408 g/mol. The van der Waals surface area contributed by atoms with Gasteiger partial charge in [0.25, 0.3) is 0 Å². The van der Waals surface area contributed by atoms with E-state index < -0.39 is 6.10 Å². The quantitative estimate of drug-likeness (QED) is 0.130. The summed E-state index contributed by atoms with van der Waals surface area (Å²) in [5, 5.41) is 6.29. The van der Waals surface area contributed by atoms with E-state index in [1.54, 1.807) is 0 Å². The third kappa shape index (κ3) is 13.4. The maximum absolute atomic E-state index is 11.9. The lowest BCUT2D eigenvalue weighted by atomic mass is 10.1. The molecule has 0 heterocycles. The van der Waals surface area contributed by atoms with Gasteiger partial charge in [0, 0.05) is 25.0 Å². The molecule has 9 heteroatoms. The molecule has 28 heavy (non-hydrogen) atoms. The summed E-state index contributed by atoms with van der Waals surface area (Å²) in [6.07, 6.45) is 1.84. The highest BCUT2D eigenvalue weighted by Crippen LogP contribution is 2.12. The number of carbonyl (C=O) groups excluding carboxylic acids is 1. The van der Waals surface area contributed by atoms with Crippen molar-refractivity contribution in [1.29, 1.82) is 0 Å². The van der Waals surface area contributed by atoms with Gasteiger partial charge in [-0.15, -0.1) is 4.99 Å². The summed E-state index contributed by atoms with van der Waals surface area (Å²) in [6, 6.07) is 0.425. The average Bonchev–Trinajstić information content (AvgIpc) is 2.63. The first-order valence-corrected chi connectivity index (χ1v) is 10.4. The number of rotatable bonds is 19. The van der Waals surface area contributed by atoms with Gasteiger partial charge in [0.1, 0.15) is 0 Å². The Hall–Kier alpha value is -0.810. The Kier molecular flexibility index (Phi) is 16.6. The molecule has 0 aliphatic carbocycles. The van der Waals surface area contributed by atoms with E-state index in [4.69, 9.17) is 24.1 Å². The third-order valence-electron chi connectivity index (χ3n) is 3.84. The van der Waals surface area contributed by atoms with Crippen LogP contribution in [0.1, 0.15) is 67.2 Å². The number of ether oxygens (including phenoxy) is 3. The molecule has 0 aromatic heterocycles. The predicted molar refractivity (Wildman–Crippen MR) is 107 cm³/mol. The standard InChI is InChI=1S/C19H41N3O6/c1-7-11-17(6)21-18(23)13-12-16(5)20-14-15-27-28-22-19(24-8-2,25-9-3)26-10-4/h16-17,20,22H,7-15H2,1-6H3,(H,21,23). The fraction of sp³-hybridized carbons (Fsp3) is 0.947. The Balaban J connectivity index is 3.92. The lowest BCUT2D eigenvalue weighted by Gasteiger charge is -2.30. The highest BCUT2D eigenvalue weighted by atomic mass is 17.3. The maximum Gasteiger partial charge on any atom is 0.376 e. The minimum atomic E-state index is -1.48. The Morgan fingerprint density at radius 1 is 0.929 bits per heavy atom. The van der Waals surface area contributed by atoms with Gasteiger partial charge in [-0.2, -0.15) is 0 Å². The summed E-state index contributed by atoms with van der Waals surface area (Å²) >= 11 is 0. The van der Waals surface area contributed by atoms with Gasteiger partial charge in [0.15, 0.2) is 0 Å². The van der Waals surface area contributed by atoms with Gasteiger partial charge in [0.05, 0.1) is 26.4 Å². The molecule has 0 spiro atoms. The molecular weight excluding hydrogens is 366 g/mol. The molecule has 168 valence electrons. The fourth-order valence-electron chi connectivity index (χ4n) is 2.55. The molecule has 0 radical (unpaired) electrons. The van der Waals surface area contributed by atoms with Crippen molar-refractivity contribution in [2.24, 2.45) is 0 Å². The molecule has 0 bridgehead atoms. The zero-order valence-corrected chi connectivity index (χ0v) is 18.5. The summed E-state index contributed by atoms with van der Waals surface area (Å²) in [5.41, 5.74) is 2.52. The Morgan fingerprint density at radius 3 is 2.07 bits per heavy atom. The molecule has 3 N–H and O–H groups in total. The highest BCUT2D eigenvalue weighted by molar-refractivity contribution is 5.76. The Labute approximate surface area is 170 Å². The van der Waals surface area contributed by atoms with Gasteiger partial charge >= 0.3 is 6.10 Å². The van der Waals surface area contributed by atoms with Crippen molar-refractivity contribution in [2.75, 3.05) is 33.0 Å². The van der Waals surface area contributed by atoms with Crippen LogP contribution in [0.3, 0.4) is 0 Å². The van der Waals surface area contributed by atoms with Crippen molar-refractivity contribution in [3.05, 3.63) is 0 Å². The van der Waals surface area contributed by atoms with Crippen LogP contribution in [0.5, 0.6) is 0 Å². The van der Waals surface area contributed by atoms with Crippen molar-refractivity contribution in [2.45, 2.75) is 85.4 Å². The number of amides is 1. The first-order chi connectivity index (χ1) is 13.4. The number of carbonyl (C=O) groups is 1. The van der Waals surface area contributed by atoms with Crippen molar-refractivity contribution in [3.8, 4) is 0 Å². The lowest BCUT2D eigenvalue weighted by Crippen LogP contribution is -2.52. The van der Waals surface area contributed by atoms with Crippen LogP contribution in [0.2, 0.25) is 0 Å². The maximum atomic E-state index is 11.9. The molecule has 0 aromatic rings. The number of hydroxylamine groups is 1. The minimum absolute atomic E-state index is 0.0949. The molecule has 1 amide bonds. The van der Waals surface area contributed by atoms with Gasteiger partial charge in [-0.3, -0.25) is 4.79 Å². The van der Waals surface area contributed by atoms with E-state index in [0.717, 1.165) is 19.3 Å². The first-order valence-electron chi connectivity index (χ1n) is 10.4. The number of hydrogen-bond acceptors (Lipinski definition) is 8. The molecule has 0 fully saturated rings. The number of nitrogens with one attached hydrogen (secondary N) is 3. The summed E-state index contributed by atoms with van der Waals surface area (Å²) < 4.78 is 16.3. The van der Waals surface area contributed by atoms with Crippen molar-refractivity contribution in [1.82, 2.24) is 16.1 Å². The molecule has 2 atom stereocenters. The molecule has 2 unspecified atom stereocenters. The van der Waals surface area contributed by atoms with E-state index in [9.17, 15) is 4.79 Å². The summed E-state index contributed by atoms with van der Waals surface area (Å²) in [5.74, 6) is 0.0949. The molecule has 0 aromatic carbocycles. The third-order valence-corrected chi connectivity index (χ3v) is 3.84. The van der Waals surface area contributed by atoms with Gasteiger partial charge in [-0.25, -0.2) is 4.89 Å². The van der Waals surface area contributed by atoms with Crippen LogP contribution in [0.15, 0.2) is 0 Å². The van der Waals surface area contributed by atoms with Crippen LogP contribution in [0, 0.1) is 0 Å². The van der Waals surface area contributed by atoms with Gasteiger partial charge < -0.3 is 24.8 Å². The monoisotopic (exact) mass is 407 g/mol.